The Morgan fingerprint density at radius 2 is 2.12 bits per heavy atom. The maximum atomic E-state index is 9.63. The first kappa shape index (κ1) is 13.3. The van der Waals surface area contributed by atoms with Gasteiger partial charge in [0.05, 0.1) is 18.2 Å². The van der Waals surface area contributed by atoms with E-state index in [1.54, 1.807) is 7.11 Å². The van der Waals surface area contributed by atoms with Gasteiger partial charge in [-0.3, -0.25) is 0 Å². The van der Waals surface area contributed by atoms with Crippen molar-refractivity contribution in [2.75, 3.05) is 7.11 Å². The molecule has 0 fully saturated rings. The molecule has 0 aliphatic carbocycles. The smallest absolute Gasteiger partial charge is 0.137 e. The normalized spacial score (nSPS) is 12.5. The van der Waals surface area contributed by atoms with Gasteiger partial charge in [0.15, 0.2) is 0 Å². The monoisotopic (exact) mass is 242 g/mol. The van der Waals surface area contributed by atoms with Crippen molar-refractivity contribution in [2.45, 2.75) is 38.7 Å². The van der Waals surface area contributed by atoms with Crippen LogP contribution in [0, 0.1) is 0 Å². The molecule has 1 unspecified atom stereocenters. The molecule has 1 N–H and O–H groups in total. The second-order valence-electron chi connectivity index (χ2n) is 3.95. The Bertz CT molecular complexity index is 326. The second kappa shape index (κ2) is 6.77. The molecule has 0 amide bonds. The SMILES string of the molecule is CCCC(O)CCc1ccc(Cl)c(OC)c1. The summed E-state index contributed by atoms with van der Waals surface area (Å²) in [4.78, 5) is 0. The molecule has 1 aromatic carbocycles. The fourth-order valence-electron chi connectivity index (χ4n) is 1.67. The van der Waals surface area contributed by atoms with Gasteiger partial charge < -0.3 is 9.84 Å². The summed E-state index contributed by atoms with van der Waals surface area (Å²) in [5, 5.41) is 10.3. The van der Waals surface area contributed by atoms with Gasteiger partial charge in [0, 0.05) is 0 Å². The number of rotatable bonds is 6. The lowest BCUT2D eigenvalue weighted by molar-refractivity contribution is 0.154. The lowest BCUT2D eigenvalue weighted by atomic mass is 10.0. The minimum atomic E-state index is -0.202. The lowest BCUT2D eigenvalue weighted by Gasteiger charge is -2.10. The average molecular weight is 243 g/mol. The summed E-state index contributed by atoms with van der Waals surface area (Å²) in [7, 11) is 1.61. The zero-order valence-electron chi connectivity index (χ0n) is 9.87. The number of hydrogen-bond donors (Lipinski definition) is 1. The number of aryl methyl sites for hydroxylation is 1. The van der Waals surface area contributed by atoms with Crippen molar-refractivity contribution in [2.24, 2.45) is 0 Å². The molecule has 3 heteroatoms. The van der Waals surface area contributed by atoms with E-state index in [-0.39, 0.29) is 6.10 Å². The molecule has 90 valence electrons. The van der Waals surface area contributed by atoms with Crippen LogP contribution in [0.5, 0.6) is 5.75 Å². The van der Waals surface area contributed by atoms with Gasteiger partial charge in [0.1, 0.15) is 5.75 Å². The van der Waals surface area contributed by atoms with Crippen LogP contribution in [0.3, 0.4) is 0 Å². The van der Waals surface area contributed by atoms with Gasteiger partial charge in [0.2, 0.25) is 0 Å². The topological polar surface area (TPSA) is 29.5 Å². The molecule has 1 aromatic rings. The van der Waals surface area contributed by atoms with E-state index in [9.17, 15) is 5.11 Å². The van der Waals surface area contributed by atoms with Crippen LogP contribution in [-0.2, 0) is 6.42 Å². The molecule has 0 heterocycles. The molecular weight excluding hydrogens is 224 g/mol. The first-order chi connectivity index (χ1) is 7.67. The highest BCUT2D eigenvalue weighted by atomic mass is 35.5. The number of aliphatic hydroxyl groups is 1. The van der Waals surface area contributed by atoms with E-state index in [1.807, 2.05) is 18.2 Å². The zero-order chi connectivity index (χ0) is 12.0. The average Bonchev–Trinajstić information content (AvgIpc) is 2.28. The van der Waals surface area contributed by atoms with Crippen molar-refractivity contribution >= 4 is 11.6 Å². The highest BCUT2D eigenvalue weighted by Crippen LogP contribution is 2.25. The Hall–Kier alpha value is -0.730. The summed E-state index contributed by atoms with van der Waals surface area (Å²) in [6.07, 6.45) is 3.33. The van der Waals surface area contributed by atoms with Gasteiger partial charge >= 0.3 is 0 Å². The molecule has 1 rings (SSSR count). The number of aliphatic hydroxyl groups excluding tert-OH is 1. The van der Waals surface area contributed by atoms with Crippen LogP contribution in [0.4, 0.5) is 0 Å². The third-order valence-electron chi connectivity index (χ3n) is 2.60. The van der Waals surface area contributed by atoms with E-state index < -0.39 is 0 Å². The molecule has 0 aromatic heterocycles. The van der Waals surface area contributed by atoms with E-state index >= 15 is 0 Å². The Morgan fingerprint density at radius 1 is 1.38 bits per heavy atom. The van der Waals surface area contributed by atoms with Crippen LogP contribution in [0.1, 0.15) is 31.7 Å². The minimum absolute atomic E-state index is 0.202. The second-order valence-corrected chi connectivity index (χ2v) is 4.36. The van der Waals surface area contributed by atoms with E-state index in [0.29, 0.717) is 10.8 Å². The number of halogens is 1. The van der Waals surface area contributed by atoms with Crippen LogP contribution in [0.25, 0.3) is 0 Å². The van der Waals surface area contributed by atoms with Gasteiger partial charge in [0.25, 0.3) is 0 Å². The molecule has 0 aliphatic heterocycles. The molecular formula is C13H19ClO2. The largest absolute Gasteiger partial charge is 0.495 e. The Morgan fingerprint density at radius 3 is 2.75 bits per heavy atom. The molecule has 0 saturated heterocycles. The van der Waals surface area contributed by atoms with Crippen molar-refractivity contribution in [3.63, 3.8) is 0 Å². The van der Waals surface area contributed by atoms with E-state index in [1.165, 1.54) is 0 Å². The molecule has 1 atom stereocenters. The molecule has 2 nitrogen and oxygen atoms in total. The Labute approximate surface area is 102 Å². The van der Waals surface area contributed by atoms with Gasteiger partial charge in [-0.05, 0) is 37.0 Å². The summed E-state index contributed by atoms with van der Waals surface area (Å²) in [5.41, 5.74) is 1.15. The van der Waals surface area contributed by atoms with E-state index in [2.05, 4.69) is 6.92 Å². The summed E-state index contributed by atoms with van der Waals surface area (Å²) in [6, 6.07) is 5.74. The first-order valence-corrected chi connectivity index (χ1v) is 6.05. The number of ether oxygens (including phenoxy) is 1. The van der Waals surface area contributed by atoms with Crippen molar-refractivity contribution in [3.05, 3.63) is 28.8 Å². The van der Waals surface area contributed by atoms with Crippen molar-refractivity contribution < 1.29 is 9.84 Å². The number of benzene rings is 1. The maximum Gasteiger partial charge on any atom is 0.137 e. The van der Waals surface area contributed by atoms with E-state index in [0.717, 1.165) is 31.2 Å². The van der Waals surface area contributed by atoms with Crippen LogP contribution < -0.4 is 4.74 Å². The maximum absolute atomic E-state index is 9.63. The summed E-state index contributed by atoms with van der Waals surface area (Å²) in [6.45, 7) is 2.08. The highest BCUT2D eigenvalue weighted by Gasteiger charge is 2.05. The summed E-state index contributed by atoms with van der Waals surface area (Å²) in [5.74, 6) is 0.698. The highest BCUT2D eigenvalue weighted by molar-refractivity contribution is 6.32. The zero-order valence-corrected chi connectivity index (χ0v) is 10.6. The van der Waals surface area contributed by atoms with Crippen LogP contribution in [-0.4, -0.2) is 18.3 Å². The Balaban J connectivity index is 2.54. The van der Waals surface area contributed by atoms with Crippen molar-refractivity contribution in [1.82, 2.24) is 0 Å². The number of methoxy groups -OCH3 is 1. The summed E-state index contributed by atoms with van der Waals surface area (Å²) >= 11 is 5.93. The predicted octanol–water partition coefficient (Wildman–Crippen LogP) is 3.44. The number of hydrogen-bond acceptors (Lipinski definition) is 2. The fourth-order valence-corrected chi connectivity index (χ4v) is 1.87. The molecule has 0 radical (unpaired) electrons. The van der Waals surface area contributed by atoms with Crippen LogP contribution in [0.15, 0.2) is 18.2 Å². The molecule has 16 heavy (non-hydrogen) atoms. The Kier molecular flexibility index (Phi) is 5.64. The van der Waals surface area contributed by atoms with Gasteiger partial charge in [-0.15, -0.1) is 0 Å². The van der Waals surface area contributed by atoms with Gasteiger partial charge in [-0.1, -0.05) is 31.0 Å². The minimum Gasteiger partial charge on any atom is -0.495 e. The van der Waals surface area contributed by atoms with Crippen LogP contribution in [0.2, 0.25) is 5.02 Å². The van der Waals surface area contributed by atoms with Gasteiger partial charge in [-0.2, -0.15) is 0 Å². The quantitative estimate of drug-likeness (QED) is 0.828. The summed E-state index contributed by atoms with van der Waals surface area (Å²) < 4.78 is 5.15. The van der Waals surface area contributed by atoms with Gasteiger partial charge in [-0.25, -0.2) is 0 Å². The van der Waals surface area contributed by atoms with Crippen LogP contribution >= 0.6 is 11.6 Å². The van der Waals surface area contributed by atoms with E-state index in [4.69, 9.17) is 16.3 Å². The molecule has 0 bridgehead atoms. The van der Waals surface area contributed by atoms with Crippen molar-refractivity contribution in [1.29, 1.82) is 0 Å². The fraction of sp³-hybridized carbons (Fsp3) is 0.538. The first-order valence-electron chi connectivity index (χ1n) is 5.67. The third-order valence-corrected chi connectivity index (χ3v) is 2.92. The van der Waals surface area contributed by atoms with Crippen molar-refractivity contribution in [3.8, 4) is 5.75 Å². The third kappa shape index (κ3) is 4.03. The standard InChI is InChI=1S/C13H19ClO2/c1-3-4-11(15)7-5-10-6-8-12(14)13(9-10)16-2/h6,8-9,11,15H,3-5,7H2,1-2H3. The molecule has 0 spiro atoms. The molecule has 0 aliphatic rings. The predicted molar refractivity (Wildman–Crippen MR) is 67.2 cm³/mol. The lowest BCUT2D eigenvalue weighted by Crippen LogP contribution is -2.07. The molecule has 0 saturated carbocycles.